The lowest BCUT2D eigenvalue weighted by molar-refractivity contribution is 0.206. The Balaban J connectivity index is 1.66. The molecule has 0 saturated heterocycles. The van der Waals surface area contributed by atoms with E-state index < -0.39 is 0 Å². The van der Waals surface area contributed by atoms with Gasteiger partial charge >= 0.3 is 0 Å². The third kappa shape index (κ3) is 3.25. The average Bonchev–Trinajstić information content (AvgIpc) is 3.48. The van der Waals surface area contributed by atoms with E-state index >= 15 is 0 Å². The van der Waals surface area contributed by atoms with Crippen molar-refractivity contribution >= 4 is 17.0 Å². The highest BCUT2D eigenvalue weighted by Gasteiger charge is 2.20. The second-order valence-corrected chi connectivity index (χ2v) is 7.84. The monoisotopic (exact) mass is 403 g/mol. The molecule has 0 radical (unpaired) electrons. The zero-order valence-corrected chi connectivity index (χ0v) is 16.6. The molecule has 5 rings (SSSR count). The highest BCUT2D eigenvalue weighted by molar-refractivity contribution is 7.15. The van der Waals surface area contributed by atoms with Crippen molar-refractivity contribution < 1.29 is 4.74 Å². The van der Waals surface area contributed by atoms with Crippen LogP contribution < -0.4 is 4.74 Å². The van der Waals surface area contributed by atoms with Gasteiger partial charge in [0.2, 0.25) is 5.88 Å². The average molecular weight is 403 g/mol. The predicted molar refractivity (Wildman–Crippen MR) is 110 cm³/mol. The van der Waals surface area contributed by atoms with Gasteiger partial charge in [0.25, 0.3) is 0 Å². The second kappa shape index (κ2) is 7.10. The Hall–Kier alpha value is -3.59. The van der Waals surface area contributed by atoms with Gasteiger partial charge in [-0.05, 0) is 37.6 Å². The topological polar surface area (TPSA) is 93.9 Å². The molecule has 0 aliphatic heterocycles. The van der Waals surface area contributed by atoms with Crippen molar-refractivity contribution in [3.63, 3.8) is 0 Å². The van der Waals surface area contributed by atoms with Crippen LogP contribution in [0.5, 0.6) is 5.88 Å². The number of hydrogen-bond donors (Lipinski definition) is 1. The number of aromatic amines is 1. The molecule has 144 valence electrons. The number of benzene rings is 1. The van der Waals surface area contributed by atoms with E-state index in [0.29, 0.717) is 23.2 Å². The minimum Gasteiger partial charge on any atom is -0.465 e. The third-order valence-electron chi connectivity index (χ3n) is 4.49. The Labute approximate surface area is 170 Å². The van der Waals surface area contributed by atoms with Crippen molar-refractivity contribution in [3.8, 4) is 27.7 Å². The summed E-state index contributed by atoms with van der Waals surface area (Å²) in [4.78, 5) is 6.39. The quantitative estimate of drug-likeness (QED) is 0.475. The number of ether oxygens (including phenoxy) is 1. The van der Waals surface area contributed by atoms with Crippen LogP contribution in [-0.2, 0) is 0 Å². The fourth-order valence-electron chi connectivity index (χ4n) is 3.07. The van der Waals surface area contributed by atoms with Gasteiger partial charge in [0.15, 0.2) is 23.4 Å². The molecule has 0 aliphatic rings. The van der Waals surface area contributed by atoms with E-state index in [-0.39, 0.29) is 6.10 Å². The van der Waals surface area contributed by atoms with Crippen LogP contribution in [0.25, 0.3) is 27.5 Å². The standard InChI is InChI=1S/C20H17N7OS/c1-12-8-9-16(29-12)19-25-23-17-10-15(14-6-4-3-5-7-14)20(26-27(17)19)28-13(2)18-21-11-22-24-18/h3-11,13H,1-2H3,(H,21,22,24). The van der Waals surface area contributed by atoms with Crippen LogP contribution in [0.15, 0.2) is 54.9 Å². The first kappa shape index (κ1) is 17.5. The summed E-state index contributed by atoms with van der Waals surface area (Å²) in [5.41, 5.74) is 2.47. The summed E-state index contributed by atoms with van der Waals surface area (Å²) in [7, 11) is 0. The SMILES string of the molecule is Cc1ccc(-c2nnc3cc(-c4ccccc4)c(OC(C)c4nc[nH]n4)nn23)s1. The molecule has 29 heavy (non-hydrogen) atoms. The van der Waals surface area contributed by atoms with Gasteiger partial charge in [-0.15, -0.1) is 26.6 Å². The summed E-state index contributed by atoms with van der Waals surface area (Å²) < 4.78 is 7.91. The van der Waals surface area contributed by atoms with E-state index in [1.54, 1.807) is 15.9 Å². The van der Waals surface area contributed by atoms with Gasteiger partial charge in [-0.2, -0.15) is 9.61 Å². The number of rotatable bonds is 5. The number of nitrogens with one attached hydrogen (secondary N) is 1. The molecular weight excluding hydrogens is 386 g/mol. The van der Waals surface area contributed by atoms with Gasteiger partial charge in [-0.3, -0.25) is 5.10 Å². The van der Waals surface area contributed by atoms with Crippen molar-refractivity contribution in [2.24, 2.45) is 0 Å². The highest BCUT2D eigenvalue weighted by atomic mass is 32.1. The Morgan fingerprint density at radius 2 is 1.97 bits per heavy atom. The minimum atomic E-state index is -0.377. The fraction of sp³-hybridized carbons (Fsp3) is 0.150. The molecule has 1 unspecified atom stereocenters. The maximum absolute atomic E-state index is 6.19. The van der Waals surface area contributed by atoms with Crippen molar-refractivity contribution in [3.05, 3.63) is 65.6 Å². The molecule has 0 spiro atoms. The number of fused-ring (bicyclic) bond motifs is 1. The first-order chi connectivity index (χ1) is 14.2. The van der Waals surface area contributed by atoms with Crippen molar-refractivity contribution in [1.29, 1.82) is 0 Å². The third-order valence-corrected chi connectivity index (χ3v) is 5.49. The van der Waals surface area contributed by atoms with E-state index in [9.17, 15) is 0 Å². The molecule has 0 bridgehead atoms. The summed E-state index contributed by atoms with van der Waals surface area (Å²) >= 11 is 1.65. The second-order valence-electron chi connectivity index (χ2n) is 6.55. The first-order valence-corrected chi connectivity index (χ1v) is 9.92. The minimum absolute atomic E-state index is 0.377. The van der Waals surface area contributed by atoms with Gasteiger partial charge in [0.05, 0.1) is 4.88 Å². The van der Waals surface area contributed by atoms with Crippen LogP contribution in [-0.4, -0.2) is 35.0 Å². The van der Waals surface area contributed by atoms with Gasteiger partial charge < -0.3 is 4.74 Å². The highest BCUT2D eigenvalue weighted by Crippen LogP contribution is 2.33. The molecular formula is C20H17N7OS. The zero-order valence-electron chi connectivity index (χ0n) is 15.8. The summed E-state index contributed by atoms with van der Waals surface area (Å²) in [6, 6.07) is 16.0. The Bertz CT molecular complexity index is 1260. The molecule has 8 nitrogen and oxygen atoms in total. The fourth-order valence-corrected chi connectivity index (χ4v) is 3.91. The molecule has 9 heteroatoms. The van der Waals surface area contributed by atoms with Crippen LogP contribution in [0.3, 0.4) is 0 Å². The number of hydrogen-bond acceptors (Lipinski definition) is 7. The van der Waals surface area contributed by atoms with E-state index in [1.807, 2.05) is 49.4 Å². The summed E-state index contributed by atoms with van der Waals surface area (Å²) in [6.45, 7) is 3.95. The van der Waals surface area contributed by atoms with E-state index in [0.717, 1.165) is 16.0 Å². The largest absolute Gasteiger partial charge is 0.465 e. The van der Waals surface area contributed by atoms with Crippen LogP contribution >= 0.6 is 11.3 Å². The Kier molecular flexibility index (Phi) is 4.28. The molecule has 0 fully saturated rings. The van der Waals surface area contributed by atoms with Crippen molar-refractivity contribution in [1.82, 2.24) is 35.0 Å². The Morgan fingerprint density at radius 3 is 2.69 bits per heavy atom. The molecule has 0 aliphatic carbocycles. The molecule has 4 heterocycles. The normalized spacial score (nSPS) is 12.3. The Morgan fingerprint density at radius 1 is 1.10 bits per heavy atom. The lowest BCUT2D eigenvalue weighted by atomic mass is 10.1. The van der Waals surface area contributed by atoms with Crippen LogP contribution in [0, 0.1) is 6.92 Å². The summed E-state index contributed by atoms with van der Waals surface area (Å²) in [5.74, 6) is 1.72. The lowest BCUT2D eigenvalue weighted by Gasteiger charge is -2.15. The molecule has 4 aromatic heterocycles. The number of H-pyrrole nitrogens is 1. The molecule has 1 N–H and O–H groups in total. The maximum atomic E-state index is 6.19. The van der Waals surface area contributed by atoms with Gasteiger partial charge in [0, 0.05) is 10.4 Å². The molecule has 1 atom stereocenters. The van der Waals surface area contributed by atoms with Crippen LogP contribution in [0.4, 0.5) is 0 Å². The zero-order chi connectivity index (χ0) is 19.8. The van der Waals surface area contributed by atoms with Crippen molar-refractivity contribution in [2.45, 2.75) is 20.0 Å². The lowest BCUT2D eigenvalue weighted by Crippen LogP contribution is -2.09. The summed E-state index contributed by atoms with van der Waals surface area (Å²) in [5, 5.41) is 20.3. The van der Waals surface area contributed by atoms with Crippen LogP contribution in [0.2, 0.25) is 0 Å². The predicted octanol–water partition coefficient (Wildman–Crippen LogP) is 4.09. The number of aromatic nitrogens is 7. The molecule has 0 saturated carbocycles. The number of aryl methyl sites for hydroxylation is 1. The number of nitrogens with zero attached hydrogens (tertiary/aromatic N) is 6. The van der Waals surface area contributed by atoms with E-state index in [4.69, 9.17) is 9.84 Å². The number of thiophene rings is 1. The molecule has 5 aromatic rings. The van der Waals surface area contributed by atoms with Crippen molar-refractivity contribution in [2.75, 3.05) is 0 Å². The van der Waals surface area contributed by atoms with E-state index in [2.05, 4.69) is 38.4 Å². The van der Waals surface area contributed by atoms with Gasteiger partial charge in [0.1, 0.15) is 6.33 Å². The summed E-state index contributed by atoms with van der Waals surface area (Å²) in [6.07, 6.45) is 1.15. The first-order valence-electron chi connectivity index (χ1n) is 9.10. The smallest absolute Gasteiger partial charge is 0.240 e. The van der Waals surface area contributed by atoms with Gasteiger partial charge in [-0.25, -0.2) is 4.98 Å². The van der Waals surface area contributed by atoms with Crippen LogP contribution in [0.1, 0.15) is 23.7 Å². The van der Waals surface area contributed by atoms with Gasteiger partial charge in [-0.1, -0.05) is 30.3 Å². The molecule has 0 amide bonds. The molecule has 1 aromatic carbocycles. The maximum Gasteiger partial charge on any atom is 0.240 e. The van der Waals surface area contributed by atoms with E-state index in [1.165, 1.54) is 11.2 Å².